The standard InChI is InChI=1S/C21H23N3O2S2/c1-4-5-19(25)22-15-6-7-17-18(11-15)28-21(24-17)27-12-20(26)23-16-9-13(2)8-14(3)10-16/h6-11H,4-5,12H2,1-3H3,(H,22,25)(H,23,26). The van der Waals surface area contributed by atoms with E-state index >= 15 is 0 Å². The highest BCUT2D eigenvalue weighted by molar-refractivity contribution is 8.01. The zero-order chi connectivity index (χ0) is 20.1. The highest BCUT2D eigenvalue weighted by Crippen LogP contribution is 2.31. The minimum Gasteiger partial charge on any atom is -0.326 e. The van der Waals surface area contributed by atoms with E-state index in [0.717, 1.165) is 43.5 Å². The average molecular weight is 414 g/mol. The van der Waals surface area contributed by atoms with Crippen molar-refractivity contribution in [2.24, 2.45) is 0 Å². The Morgan fingerprint density at radius 3 is 2.43 bits per heavy atom. The number of hydrogen-bond acceptors (Lipinski definition) is 5. The van der Waals surface area contributed by atoms with Crippen molar-refractivity contribution in [1.29, 1.82) is 0 Å². The van der Waals surface area contributed by atoms with Crippen LogP contribution >= 0.6 is 23.1 Å². The van der Waals surface area contributed by atoms with E-state index in [0.29, 0.717) is 12.2 Å². The fourth-order valence-electron chi connectivity index (χ4n) is 2.86. The van der Waals surface area contributed by atoms with Gasteiger partial charge in [0.15, 0.2) is 4.34 Å². The Morgan fingerprint density at radius 2 is 1.71 bits per heavy atom. The lowest BCUT2D eigenvalue weighted by Gasteiger charge is -2.06. The van der Waals surface area contributed by atoms with Gasteiger partial charge in [-0.25, -0.2) is 4.98 Å². The molecule has 0 atom stereocenters. The average Bonchev–Trinajstić information content (AvgIpc) is 3.01. The fraction of sp³-hybridized carbons (Fsp3) is 0.286. The van der Waals surface area contributed by atoms with Gasteiger partial charge in [-0.05, 0) is 61.7 Å². The molecule has 0 saturated heterocycles. The maximum Gasteiger partial charge on any atom is 0.234 e. The zero-order valence-electron chi connectivity index (χ0n) is 16.2. The van der Waals surface area contributed by atoms with Crippen molar-refractivity contribution in [3.05, 3.63) is 47.5 Å². The minimum atomic E-state index is -0.0539. The summed E-state index contributed by atoms with van der Waals surface area (Å²) < 4.78 is 1.83. The lowest BCUT2D eigenvalue weighted by atomic mass is 10.1. The minimum absolute atomic E-state index is 0.0176. The van der Waals surface area contributed by atoms with Gasteiger partial charge in [-0.1, -0.05) is 24.8 Å². The van der Waals surface area contributed by atoms with Crippen LogP contribution in [0.3, 0.4) is 0 Å². The van der Waals surface area contributed by atoms with Crippen LogP contribution in [0.25, 0.3) is 10.2 Å². The monoisotopic (exact) mass is 413 g/mol. The number of carbonyl (C=O) groups excluding carboxylic acids is 2. The summed E-state index contributed by atoms with van der Waals surface area (Å²) in [5.41, 5.74) is 4.71. The van der Waals surface area contributed by atoms with Crippen molar-refractivity contribution in [3.8, 4) is 0 Å². The Balaban J connectivity index is 1.61. The van der Waals surface area contributed by atoms with Crippen molar-refractivity contribution in [1.82, 2.24) is 4.98 Å². The molecule has 0 aliphatic rings. The molecule has 1 aromatic heterocycles. The van der Waals surface area contributed by atoms with Crippen molar-refractivity contribution in [3.63, 3.8) is 0 Å². The normalized spacial score (nSPS) is 10.8. The van der Waals surface area contributed by atoms with E-state index in [1.165, 1.54) is 23.1 Å². The maximum atomic E-state index is 12.3. The molecule has 0 unspecified atom stereocenters. The first-order valence-electron chi connectivity index (χ1n) is 9.14. The summed E-state index contributed by atoms with van der Waals surface area (Å²) in [4.78, 5) is 28.6. The molecule has 146 valence electrons. The Hall–Kier alpha value is -2.38. The van der Waals surface area contributed by atoms with Crippen LogP contribution in [0.2, 0.25) is 0 Å². The molecule has 1 heterocycles. The number of benzene rings is 2. The number of amides is 2. The summed E-state index contributed by atoms with van der Waals surface area (Å²) in [7, 11) is 0. The van der Waals surface area contributed by atoms with Crippen LogP contribution in [-0.2, 0) is 9.59 Å². The predicted octanol–water partition coefficient (Wildman–Crippen LogP) is 5.38. The Morgan fingerprint density at radius 1 is 1.00 bits per heavy atom. The molecular formula is C21H23N3O2S2. The third-order valence-electron chi connectivity index (χ3n) is 3.96. The highest BCUT2D eigenvalue weighted by atomic mass is 32.2. The molecule has 0 fully saturated rings. The summed E-state index contributed by atoms with van der Waals surface area (Å²) in [5, 5.41) is 5.84. The van der Waals surface area contributed by atoms with E-state index in [1.807, 2.05) is 51.1 Å². The molecule has 0 aliphatic heterocycles. The Kier molecular flexibility index (Phi) is 6.70. The van der Waals surface area contributed by atoms with Gasteiger partial charge in [0.25, 0.3) is 0 Å². The van der Waals surface area contributed by atoms with Gasteiger partial charge in [0.1, 0.15) is 0 Å². The SMILES string of the molecule is CCCC(=O)Nc1ccc2nc(SCC(=O)Nc3cc(C)cc(C)c3)sc2c1. The summed E-state index contributed by atoms with van der Waals surface area (Å²) in [6, 6.07) is 11.7. The second-order valence-electron chi connectivity index (χ2n) is 6.67. The smallest absolute Gasteiger partial charge is 0.234 e. The third-order valence-corrected chi connectivity index (χ3v) is 6.12. The second-order valence-corrected chi connectivity index (χ2v) is 8.93. The molecule has 0 aliphatic carbocycles. The zero-order valence-corrected chi connectivity index (χ0v) is 17.8. The van der Waals surface area contributed by atoms with Crippen molar-refractivity contribution < 1.29 is 9.59 Å². The van der Waals surface area contributed by atoms with Crippen molar-refractivity contribution in [2.45, 2.75) is 38.0 Å². The number of anilines is 2. The lowest BCUT2D eigenvalue weighted by Crippen LogP contribution is -2.14. The largest absolute Gasteiger partial charge is 0.326 e. The maximum absolute atomic E-state index is 12.3. The van der Waals surface area contributed by atoms with Gasteiger partial charge < -0.3 is 10.6 Å². The molecule has 0 bridgehead atoms. The van der Waals surface area contributed by atoms with Gasteiger partial charge in [-0.15, -0.1) is 11.3 Å². The van der Waals surface area contributed by atoms with Crippen molar-refractivity contribution >= 4 is 56.5 Å². The van der Waals surface area contributed by atoms with Crippen LogP contribution in [0.1, 0.15) is 30.9 Å². The number of rotatable bonds is 7. The van der Waals surface area contributed by atoms with Crippen molar-refractivity contribution in [2.75, 3.05) is 16.4 Å². The number of thiazole rings is 1. The van der Waals surface area contributed by atoms with Gasteiger partial charge in [0.05, 0.1) is 16.0 Å². The van der Waals surface area contributed by atoms with E-state index < -0.39 is 0 Å². The van der Waals surface area contributed by atoms with Crippen LogP contribution in [0.5, 0.6) is 0 Å². The summed E-state index contributed by atoms with van der Waals surface area (Å²) in [5.74, 6) is 0.262. The first-order chi connectivity index (χ1) is 13.4. The highest BCUT2D eigenvalue weighted by Gasteiger charge is 2.10. The van der Waals surface area contributed by atoms with E-state index in [-0.39, 0.29) is 11.8 Å². The molecule has 3 aromatic rings. The van der Waals surface area contributed by atoms with Crippen LogP contribution in [0, 0.1) is 13.8 Å². The van der Waals surface area contributed by atoms with E-state index in [9.17, 15) is 9.59 Å². The summed E-state index contributed by atoms with van der Waals surface area (Å²) in [6.07, 6.45) is 1.33. The molecule has 2 aromatic carbocycles. The van der Waals surface area contributed by atoms with Gasteiger partial charge >= 0.3 is 0 Å². The first-order valence-corrected chi connectivity index (χ1v) is 10.9. The number of fused-ring (bicyclic) bond motifs is 1. The molecule has 2 amide bonds. The van der Waals surface area contributed by atoms with E-state index in [2.05, 4.69) is 21.7 Å². The summed E-state index contributed by atoms with van der Waals surface area (Å²) >= 11 is 2.94. The molecule has 7 heteroatoms. The molecule has 0 radical (unpaired) electrons. The number of aromatic nitrogens is 1. The van der Waals surface area contributed by atoms with Gasteiger partial charge in [-0.3, -0.25) is 9.59 Å². The summed E-state index contributed by atoms with van der Waals surface area (Å²) in [6.45, 7) is 6.00. The molecule has 3 rings (SSSR count). The number of aryl methyl sites for hydroxylation is 2. The fourth-order valence-corrected chi connectivity index (χ4v) is 4.77. The Labute approximate surface area is 172 Å². The number of nitrogens with zero attached hydrogens (tertiary/aromatic N) is 1. The lowest BCUT2D eigenvalue weighted by molar-refractivity contribution is -0.116. The number of carbonyl (C=O) groups is 2. The molecular weight excluding hydrogens is 390 g/mol. The van der Waals surface area contributed by atoms with Crippen LogP contribution in [0.4, 0.5) is 11.4 Å². The van der Waals surface area contributed by atoms with E-state index in [4.69, 9.17) is 0 Å². The molecule has 0 saturated carbocycles. The van der Waals surface area contributed by atoms with Gasteiger partial charge in [0, 0.05) is 17.8 Å². The Bertz CT molecular complexity index is 994. The predicted molar refractivity (Wildman–Crippen MR) is 118 cm³/mol. The van der Waals surface area contributed by atoms with E-state index in [1.54, 1.807) is 0 Å². The number of hydrogen-bond donors (Lipinski definition) is 2. The molecule has 28 heavy (non-hydrogen) atoms. The number of nitrogens with one attached hydrogen (secondary N) is 2. The van der Waals surface area contributed by atoms with Crippen LogP contribution < -0.4 is 10.6 Å². The molecule has 5 nitrogen and oxygen atoms in total. The second kappa shape index (κ2) is 9.21. The van der Waals surface area contributed by atoms with Crippen LogP contribution in [0.15, 0.2) is 40.7 Å². The molecule has 2 N–H and O–H groups in total. The van der Waals surface area contributed by atoms with Crippen LogP contribution in [-0.4, -0.2) is 22.6 Å². The topological polar surface area (TPSA) is 71.1 Å². The van der Waals surface area contributed by atoms with Gasteiger partial charge in [-0.2, -0.15) is 0 Å². The molecule has 0 spiro atoms. The first kappa shape index (κ1) is 20.4. The number of thioether (sulfide) groups is 1. The van der Waals surface area contributed by atoms with Gasteiger partial charge in [0.2, 0.25) is 11.8 Å². The third kappa shape index (κ3) is 5.56. The quantitative estimate of drug-likeness (QED) is 0.510.